The molecule has 2 aromatic rings. The third-order valence-electron chi connectivity index (χ3n) is 4.05. The molecular weight excluding hydrogens is 455 g/mol. The van der Waals surface area contributed by atoms with Crippen LogP contribution >= 0.6 is 15.9 Å². The lowest BCUT2D eigenvalue weighted by molar-refractivity contribution is -0.103. The minimum atomic E-state index is -1.56. The first-order valence-electron chi connectivity index (χ1n) is 9.32. The van der Waals surface area contributed by atoms with Crippen molar-refractivity contribution in [3.05, 3.63) is 57.6 Å². The van der Waals surface area contributed by atoms with E-state index >= 15 is 0 Å². The highest BCUT2D eigenvalue weighted by Gasteiger charge is 2.18. The quantitative estimate of drug-likeness (QED) is 0.234. The standard InChI is InChI=1S/C17H17B3BrN3.C4HB3O/c1-10-9-15(11(2)8-13(10)21)24(3)16(22)12-6-4-5-7-14(12)23-17(18,19)20;5-4(6,7)2-1-3-8/h4-9,22-23H,1-3H3;3H. The summed E-state index contributed by atoms with van der Waals surface area (Å²) in [4.78, 5) is 11.3. The summed E-state index contributed by atoms with van der Waals surface area (Å²) >= 11 is 3.53. The van der Waals surface area contributed by atoms with Crippen molar-refractivity contribution in [3.63, 3.8) is 0 Å². The first-order valence-corrected chi connectivity index (χ1v) is 10.1. The van der Waals surface area contributed by atoms with Crippen LogP contribution < -0.4 is 10.2 Å². The molecule has 2 aromatic carbocycles. The number of amidine groups is 1. The molecule has 0 fully saturated rings. The van der Waals surface area contributed by atoms with Crippen molar-refractivity contribution in [2.45, 2.75) is 24.2 Å². The molecule has 0 amide bonds. The largest absolute Gasteiger partial charge is 0.404 e. The van der Waals surface area contributed by atoms with Gasteiger partial charge in [-0.25, -0.2) is 0 Å². The second kappa shape index (κ2) is 11.6. The number of hydrogen-bond acceptors (Lipinski definition) is 3. The van der Waals surface area contributed by atoms with Crippen molar-refractivity contribution < 1.29 is 4.79 Å². The van der Waals surface area contributed by atoms with Crippen LogP contribution in [0.3, 0.4) is 0 Å². The second-order valence-electron chi connectivity index (χ2n) is 7.22. The number of nitrogens with one attached hydrogen (secondary N) is 2. The summed E-state index contributed by atoms with van der Waals surface area (Å²) in [5.41, 5.74) is 4.39. The predicted molar refractivity (Wildman–Crippen MR) is 143 cm³/mol. The van der Waals surface area contributed by atoms with Crippen molar-refractivity contribution in [2.75, 3.05) is 17.3 Å². The zero-order chi connectivity index (χ0) is 24.7. The molecule has 148 valence electrons. The van der Waals surface area contributed by atoms with Crippen LogP contribution in [0, 0.1) is 31.1 Å². The van der Waals surface area contributed by atoms with Gasteiger partial charge < -0.3 is 10.2 Å². The van der Waals surface area contributed by atoms with Crippen LogP contribution in [0.1, 0.15) is 16.7 Å². The molecule has 2 rings (SSSR count). The number of aryl methyl sites for hydroxylation is 2. The van der Waals surface area contributed by atoms with Crippen molar-refractivity contribution in [2.24, 2.45) is 0 Å². The Balaban J connectivity index is 0.000000547. The van der Waals surface area contributed by atoms with E-state index in [-0.39, 0.29) is 0 Å². The summed E-state index contributed by atoms with van der Waals surface area (Å²) in [6, 6.07) is 11.4. The molecule has 0 bridgehead atoms. The molecule has 4 nitrogen and oxygen atoms in total. The average Bonchev–Trinajstić information content (AvgIpc) is 2.67. The van der Waals surface area contributed by atoms with E-state index in [0.29, 0.717) is 23.4 Å². The molecule has 0 aromatic heterocycles. The lowest BCUT2D eigenvalue weighted by Gasteiger charge is -2.28. The van der Waals surface area contributed by atoms with Gasteiger partial charge in [-0.15, -0.1) is 5.92 Å². The highest BCUT2D eigenvalue weighted by molar-refractivity contribution is 9.10. The van der Waals surface area contributed by atoms with E-state index in [9.17, 15) is 4.79 Å². The highest BCUT2D eigenvalue weighted by atomic mass is 79.9. The van der Waals surface area contributed by atoms with E-state index in [2.05, 4.69) is 27.2 Å². The Kier molecular flexibility index (Phi) is 10.1. The fourth-order valence-electron chi connectivity index (χ4n) is 2.61. The van der Waals surface area contributed by atoms with Gasteiger partial charge in [-0.05, 0) is 55.2 Å². The SMILES string of the molecule is [B]C([B])([B])C#CC=O.[B]C([B])([B])Nc1ccccc1C(=N)N(C)c1cc(C)c(Br)cc1C. The number of aldehydes is 1. The van der Waals surface area contributed by atoms with Crippen LogP contribution in [0.25, 0.3) is 0 Å². The zero-order valence-corrected chi connectivity index (χ0v) is 19.8. The molecule has 2 N–H and O–H groups in total. The van der Waals surface area contributed by atoms with Gasteiger partial charge in [0.1, 0.15) is 5.84 Å². The molecule has 0 heterocycles. The number of nitrogens with zero attached hydrogens (tertiary/aromatic N) is 1. The topological polar surface area (TPSA) is 56.2 Å². The number of hydrogen-bond donors (Lipinski definition) is 2. The Morgan fingerprint density at radius 3 is 2.19 bits per heavy atom. The second-order valence-corrected chi connectivity index (χ2v) is 8.07. The Labute approximate surface area is 207 Å². The lowest BCUT2D eigenvalue weighted by Crippen LogP contribution is -2.40. The molecule has 11 heteroatoms. The molecule has 32 heavy (non-hydrogen) atoms. The van der Waals surface area contributed by atoms with Gasteiger partial charge in [0.25, 0.3) is 0 Å². The van der Waals surface area contributed by atoms with Crippen LogP contribution in [-0.4, -0.2) is 71.5 Å². The van der Waals surface area contributed by atoms with E-state index in [1.807, 2.05) is 62.0 Å². The Hall–Kier alpha value is -2.19. The number of anilines is 2. The zero-order valence-electron chi connectivity index (χ0n) is 18.2. The fraction of sp³-hybridized carbons (Fsp3) is 0.238. The molecule has 0 atom stereocenters. The first-order chi connectivity index (χ1) is 14.7. The maximum atomic E-state index is 9.51. The summed E-state index contributed by atoms with van der Waals surface area (Å²) in [5.74, 6) is 4.38. The monoisotopic (exact) mass is 473 g/mol. The summed E-state index contributed by atoms with van der Waals surface area (Å²) in [6.45, 7) is 4.03. The minimum Gasteiger partial charge on any atom is -0.404 e. The smallest absolute Gasteiger partial charge is 0.192 e. The van der Waals surface area contributed by atoms with Gasteiger partial charge in [0, 0.05) is 28.5 Å². The normalized spacial score (nSPS) is 10.6. The molecule has 0 aliphatic rings. The fourth-order valence-corrected chi connectivity index (χ4v) is 3.07. The molecule has 0 unspecified atom stereocenters. The van der Waals surface area contributed by atoms with E-state index in [0.717, 1.165) is 21.3 Å². The van der Waals surface area contributed by atoms with Crippen LogP contribution in [0.15, 0.2) is 40.9 Å². The third kappa shape index (κ3) is 9.12. The molecule has 12 radical (unpaired) electrons. The summed E-state index contributed by atoms with van der Waals surface area (Å²) in [7, 11) is 33.6. The van der Waals surface area contributed by atoms with Crippen LogP contribution in [0.2, 0.25) is 5.11 Å². The number of benzene rings is 2. The minimum absolute atomic E-state index is 0.312. The average molecular weight is 473 g/mol. The maximum Gasteiger partial charge on any atom is 0.192 e. The third-order valence-corrected chi connectivity index (χ3v) is 4.91. The Morgan fingerprint density at radius 1 is 1.09 bits per heavy atom. The van der Waals surface area contributed by atoms with Gasteiger partial charge in [-0.2, -0.15) is 0 Å². The van der Waals surface area contributed by atoms with Crippen molar-refractivity contribution >= 4 is 86.5 Å². The number of carbonyl (C=O) groups excluding carboxylic acids is 1. The summed E-state index contributed by atoms with van der Waals surface area (Å²) in [6.07, 6.45) is 0.376. The summed E-state index contributed by atoms with van der Waals surface area (Å²) < 4.78 is 1.05. The van der Waals surface area contributed by atoms with Gasteiger partial charge in [0.2, 0.25) is 0 Å². The number of halogens is 1. The number of para-hydroxylation sites is 1. The van der Waals surface area contributed by atoms with Crippen molar-refractivity contribution in [3.8, 4) is 11.8 Å². The summed E-state index contributed by atoms with van der Waals surface area (Å²) in [5, 5.41) is 8.33. The molecule has 0 aliphatic heterocycles. The molecule has 0 saturated heterocycles. The Morgan fingerprint density at radius 2 is 1.69 bits per heavy atom. The van der Waals surface area contributed by atoms with Gasteiger partial charge in [-0.1, -0.05) is 38.4 Å². The Bertz CT molecular complexity index is 1040. The van der Waals surface area contributed by atoms with E-state index < -0.39 is 10.4 Å². The van der Waals surface area contributed by atoms with E-state index in [1.165, 1.54) is 0 Å². The number of rotatable bonds is 4. The van der Waals surface area contributed by atoms with Gasteiger partial charge >= 0.3 is 0 Å². The highest BCUT2D eigenvalue weighted by Crippen LogP contribution is 2.29. The van der Waals surface area contributed by atoms with Crippen LogP contribution in [0.4, 0.5) is 11.4 Å². The molecular formula is C21H18B6BrN3O. The first kappa shape index (κ1) is 27.8. The molecule has 0 aliphatic carbocycles. The number of carbonyl (C=O) groups is 1. The van der Waals surface area contributed by atoms with Gasteiger partial charge in [0.15, 0.2) is 6.29 Å². The van der Waals surface area contributed by atoms with Crippen molar-refractivity contribution in [1.82, 2.24) is 0 Å². The van der Waals surface area contributed by atoms with E-state index in [1.54, 1.807) is 6.07 Å². The van der Waals surface area contributed by atoms with Crippen LogP contribution in [0.5, 0.6) is 0 Å². The predicted octanol–water partition coefficient (Wildman–Crippen LogP) is 1.82. The maximum absolute atomic E-state index is 9.51. The molecule has 0 saturated carbocycles. The molecule has 0 spiro atoms. The van der Waals surface area contributed by atoms with Gasteiger partial charge in [0.05, 0.1) is 47.1 Å². The lowest BCUT2D eigenvalue weighted by atomic mass is 9.43. The van der Waals surface area contributed by atoms with Gasteiger partial charge in [-0.3, -0.25) is 10.2 Å². The van der Waals surface area contributed by atoms with Crippen molar-refractivity contribution in [1.29, 1.82) is 5.41 Å². The van der Waals surface area contributed by atoms with E-state index in [4.69, 9.17) is 52.5 Å². The van der Waals surface area contributed by atoms with Crippen LogP contribution in [-0.2, 0) is 4.79 Å².